The number of unbranched alkanes of at least 4 members (excludes halogenated alkanes) is 60. The maximum absolute atomic E-state index is 13.2. The molecule has 0 spiro atoms. The molecule has 0 bridgehead atoms. The number of phosphoric acid groups is 2. The number of rotatable bonds is 89. The number of ether oxygens (including phenoxy) is 4. The summed E-state index contributed by atoms with van der Waals surface area (Å²) in [6.07, 6.45) is 76.4. The van der Waals surface area contributed by atoms with E-state index < -0.39 is 97.5 Å². The van der Waals surface area contributed by atoms with Crippen LogP contribution in [0.25, 0.3) is 0 Å². The molecule has 0 aromatic heterocycles. The molecule has 6 atom stereocenters. The summed E-state index contributed by atoms with van der Waals surface area (Å²) in [7, 11) is -9.93. The zero-order valence-corrected chi connectivity index (χ0v) is 72.8. The Balaban J connectivity index is 5.24. The first-order chi connectivity index (χ1) is 52.6. The minimum Gasteiger partial charge on any atom is -0.462 e. The van der Waals surface area contributed by atoms with Crippen molar-refractivity contribution in [3.63, 3.8) is 0 Å². The molecule has 0 fully saturated rings. The monoisotopic (exact) mass is 1580 g/mol. The largest absolute Gasteiger partial charge is 0.472 e. The van der Waals surface area contributed by atoms with Gasteiger partial charge in [-0.25, -0.2) is 9.13 Å². The first-order valence-electron chi connectivity index (χ1n) is 46.2. The van der Waals surface area contributed by atoms with Crippen molar-refractivity contribution < 1.29 is 80.2 Å². The van der Waals surface area contributed by atoms with Crippen molar-refractivity contribution in [2.24, 2.45) is 5.92 Å². The molecule has 19 heteroatoms. The maximum atomic E-state index is 13.2. The predicted molar refractivity (Wildman–Crippen MR) is 446 cm³/mol. The molecule has 0 rings (SSSR count). The van der Waals surface area contributed by atoms with Gasteiger partial charge >= 0.3 is 39.5 Å². The molecule has 642 valence electrons. The molecule has 0 amide bonds. The Hall–Kier alpha value is -1.94. The van der Waals surface area contributed by atoms with Crippen LogP contribution < -0.4 is 0 Å². The molecule has 0 aromatic carbocycles. The van der Waals surface area contributed by atoms with E-state index >= 15 is 0 Å². The fourth-order valence-electron chi connectivity index (χ4n) is 14.0. The van der Waals surface area contributed by atoms with Gasteiger partial charge in [-0.15, -0.1) is 0 Å². The van der Waals surface area contributed by atoms with E-state index in [0.29, 0.717) is 25.7 Å². The number of hydrogen-bond donors (Lipinski definition) is 3. The highest BCUT2D eigenvalue weighted by Crippen LogP contribution is 2.45. The molecule has 17 nitrogen and oxygen atoms in total. The molecule has 0 aromatic rings. The summed E-state index contributed by atoms with van der Waals surface area (Å²) in [6.45, 7) is 7.39. The Morgan fingerprint density at radius 3 is 0.657 bits per heavy atom. The Morgan fingerprint density at radius 1 is 0.259 bits per heavy atom. The van der Waals surface area contributed by atoms with Gasteiger partial charge in [0.1, 0.15) is 19.3 Å². The SMILES string of the molecule is CCCCCCCCCCCCCCCCCCCCCCCCC(=O)O[C@H](COC(=O)CCCCCCCCCCCCCCCCCCC)COP(=O)(O)OC[C@@H](O)COP(=O)(O)OC[C@@H](COC(=O)CCCCCCCCCCC(C)CC)OC(=O)CCCCCCCCCCCCCCCCCCC. The quantitative estimate of drug-likeness (QED) is 0.0222. The van der Waals surface area contributed by atoms with Gasteiger partial charge in [0.05, 0.1) is 26.4 Å². The second-order valence-electron chi connectivity index (χ2n) is 32.2. The van der Waals surface area contributed by atoms with Gasteiger partial charge in [0.25, 0.3) is 0 Å². The second kappa shape index (κ2) is 81.6. The molecule has 108 heavy (non-hydrogen) atoms. The standard InChI is InChI=1S/C89H174O17P2/c1-6-10-13-16-19-22-25-28-31-34-35-36-37-38-41-44-47-50-53-60-65-70-74-88(93)105-84(78-99-86(91)72-67-62-57-51-48-45-42-39-32-29-26-23-20-17-14-11-7-2)80-103-107(95,96)101-76-83(90)77-102-108(97,98)104-81-85(79-100-87(92)73-68-63-58-55-54-56-61-66-71-82(5)9-4)106-89(94)75-69-64-59-52-49-46-43-40-33-30-27-24-21-18-15-12-8-3/h82-85,90H,6-81H2,1-5H3,(H,95,96)(H,97,98)/t82?,83-,84-,85-/m1/s1. The predicted octanol–water partition coefficient (Wildman–Crippen LogP) is 27.5. The van der Waals surface area contributed by atoms with Gasteiger partial charge in [0.2, 0.25) is 0 Å². The lowest BCUT2D eigenvalue weighted by atomic mass is 9.99. The highest BCUT2D eigenvalue weighted by atomic mass is 31.2. The fourth-order valence-corrected chi connectivity index (χ4v) is 15.5. The Morgan fingerprint density at radius 2 is 0.444 bits per heavy atom. The van der Waals surface area contributed by atoms with Crippen LogP contribution in [-0.4, -0.2) is 96.7 Å². The number of phosphoric ester groups is 2. The smallest absolute Gasteiger partial charge is 0.462 e. The lowest BCUT2D eigenvalue weighted by molar-refractivity contribution is -0.161. The summed E-state index contributed by atoms with van der Waals surface area (Å²) >= 11 is 0. The number of esters is 4. The average Bonchev–Trinajstić information content (AvgIpc) is 0.899. The van der Waals surface area contributed by atoms with E-state index in [1.807, 2.05) is 0 Å². The van der Waals surface area contributed by atoms with Crippen LogP contribution in [0.3, 0.4) is 0 Å². The molecular weight excluding hydrogens is 1400 g/mol. The average molecular weight is 1580 g/mol. The fraction of sp³-hybridized carbons (Fsp3) is 0.955. The molecule has 3 unspecified atom stereocenters. The van der Waals surface area contributed by atoms with Crippen LogP contribution in [0.15, 0.2) is 0 Å². The first kappa shape index (κ1) is 106. The second-order valence-corrected chi connectivity index (χ2v) is 35.1. The van der Waals surface area contributed by atoms with Gasteiger partial charge < -0.3 is 33.8 Å². The summed E-state index contributed by atoms with van der Waals surface area (Å²) in [6, 6.07) is 0. The molecule has 0 saturated heterocycles. The number of hydrogen-bond acceptors (Lipinski definition) is 15. The Kier molecular flexibility index (Phi) is 80.2. The summed E-state index contributed by atoms with van der Waals surface area (Å²) in [5.74, 6) is -1.32. The highest BCUT2D eigenvalue weighted by molar-refractivity contribution is 7.47. The molecule has 0 radical (unpaired) electrons. The third kappa shape index (κ3) is 80.7. The van der Waals surface area contributed by atoms with E-state index in [9.17, 15) is 43.2 Å². The minimum atomic E-state index is -4.97. The van der Waals surface area contributed by atoms with Crippen molar-refractivity contribution in [3.8, 4) is 0 Å². The van der Waals surface area contributed by atoms with Crippen LogP contribution in [-0.2, 0) is 65.4 Å². The van der Waals surface area contributed by atoms with Crippen LogP contribution >= 0.6 is 15.6 Å². The lowest BCUT2D eigenvalue weighted by Crippen LogP contribution is -2.30. The van der Waals surface area contributed by atoms with Crippen LogP contribution in [0, 0.1) is 5.92 Å². The number of carbonyl (C=O) groups is 4. The Labute approximate surface area is 664 Å². The summed E-state index contributed by atoms with van der Waals surface area (Å²) in [5.41, 5.74) is 0. The van der Waals surface area contributed by atoms with Gasteiger partial charge in [-0.05, 0) is 31.6 Å². The molecular formula is C89H174O17P2. The van der Waals surface area contributed by atoms with Crippen LogP contribution in [0.1, 0.15) is 484 Å². The summed E-state index contributed by atoms with van der Waals surface area (Å²) in [4.78, 5) is 73.4. The van der Waals surface area contributed by atoms with E-state index in [1.54, 1.807) is 0 Å². The number of carbonyl (C=O) groups excluding carboxylic acids is 4. The van der Waals surface area contributed by atoms with Crippen molar-refractivity contribution in [2.45, 2.75) is 502 Å². The Bertz CT molecular complexity index is 2050. The van der Waals surface area contributed by atoms with Gasteiger partial charge in [0, 0.05) is 25.7 Å². The zero-order valence-electron chi connectivity index (χ0n) is 71.0. The minimum absolute atomic E-state index is 0.109. The third-order valence-electron chi connectivity index (χ3n) is 21.4. The number of aliphatic hydroxyl groups is 1. The van der Waals surface area contributed by atoms with E-state index in [4.69, 9.17) is 37.0 Å². The molecule has 0 aliphatic heterocycles. The van der Waals surface area contributed by atoms with Crippen LogP contribution in [0.2, 0.25) is 0 Å². The van der Waals surface area contributed by atoms with Crippen LogP contribution in [0.4, 0.5) is 0 Å². The van der Waals surface area contributed by atoms with E-state index in [-0.39, 0.29) is 25.7 Å². The lowest BCUT2D eigenvalue weighted by Gasteiger charge is -2.21. The summed E-state index contributed by atoms with van der Waals surface area (Å²) < 4.78 is 69.0. The van der Waals surface area contributed by atoms with Crippen molar-refractivity contribution >= 4 is 39.5 Å². The first-order valence-corrected chi connectivity index (χ1v) is 49.2. The van der Waals surface area contributed by atoms with E-state index in [1.165, 1.54) is 308 Å². The third-order valence-corrected chi connectivity index (χ3v) is 23.3. The molecule has 0 aliphatic carbocycles. The molecule has 3 N–H and O–H groups in total. The zero-order chi connectivity index (χ0) is 79.0. The topological polar surface area (TPSA) is 237 Å². The van der Waals surface area contributed by atoms with Gasteiger partial charge in [-0.3, -0.25) is 37.3 Å². The van der Waals surface area contributed by atoms with Crippen molar-refractivity contribution in [1.29, 1.82) is 0 Å². The van der Waals surface area contributed by atoms with E-state index in [2.05, 4.69) is 34.6 Å². The van der Waals surface area contributed by atoms with Crippen molar-refractivity contribution in [1.82, 2.24) is 0 Å². The summed E-state index contributed by atoms with van der Waals surface area (Å²) in [5, 5.41) is 10.7. The van der Waals surface area contributed by atoms with Crippen molar-refractivity contribution in [3.05, 3.63) is 0 Å². The van der Waals surface area contributed by atoms with Gasteiger partial charge in [-0.1, -0.05) is 433 Å². The van der Waals surface area contributed by atoms with Crippen LogP contribution in [0.5, 0.6) is 0 Å². The molecule has 0 saturated carbocycles. The van der Waals surface area contributed by atoms with Gasteiger partial charge in [0.15, 0.2) is 12.2 Å². The normalized spacial score (nSPS) is 14.0. The van der Waals surface area contributed by atoms with Gasteiger partial charge in [-0.2, -0.15) is 0 Å². The van der Waals surface area contributed by atoms with E-state index in [0.717, 1.165) is 95.8 Å². The highest BCUT2D eigenvalue weighted by Gasteiger charge is 2.31. The van der Waals surface area contributed by atoms with Crippen molar-refractivity contribution in [2.75, 3.05) is 39.6 Å². The number of aliphatic hydroxyl groups excluding tert-OH is 1. The maximum Gasteiger partial charge on any atom is 0.472 e. The molecule has 0 heterocycles. The molecule has 0 aliphatic rings.